The van der Waals surface area contributed by atoms with Crippen molar-refractivity contribution < 1.29 is 8.42 Å². The highest BCUT2D eigenvalue weighted by molar-refractivity contribution is 7.89. The van der Waals surface area contributed by atoms with E-state index in [-0.39, 0.29) is 17.7 Å². The predicted molar refractivity (Wildman–Crippen MR) is 73.1 cm³/mol. The molecular weight excluding hydrogens is 248 g/mol. The van der Waals surface area contributed by atoms with Gasteiger partial charge in [-0.05, 0) is 24.4 Å². The summed E-state index contributed by atoms with van der Waals surface area (Å²) < 4.78 is 26.8. The van der Waals surface area contributed by atoms with Gasteiger partial charge in [0.1, 0.15) is 0 Å². The van der Waals surface area contributed by atoms with Crippen LogP contribution in [0.5, 0.6) is 0 Å². The molecule has 1 aromatic carbocycles. The number of sulfonamides is 1. The van der Waals surface area contributed by atoms with E-state index in [0.717, 1.165) is 25.1 Å². The van der Waals surface area contributed by atoms with Gasteiger partial charge in [-0.3, -0.25) is 0 Å². The zero-order valence-electron chi connectivity index (χ0n) is 10.6. The van der Waals surface area contributed by atoms with Crippen molar-refractivity contribution in [1.82, 2.24) is 10.0 Å². The standard InChI is InChI=1S/C13H20N2O2S/c1-11(12-5-3-2-4-6-12)10-18(16,17)15-13-7-8-14-9-13/h2-6,11,13-15H,7-10H2,1H3. The van der Waals surface area contributed by atoms with Crippen molar-refractivity contribution in [1.29, 1.82) is 0 Å². The first-order valence-electron chi connectivity index (χ1n) is 6.32. The zero-order chi connectivity index (χ0) is 13.0. The fraction of sp³-hybridized carbons (Fsp3) is 0.538. The summed E-state index contributed by atoms with van der Waals surface area (Å²) in [6.07, 6.45) is 0.874. The molecule has 0 saturated carbocycles. The smallest absolute Gasteiger partial charge is 0.212 e. The third-order valence-electron chi connectivity index (χ3n) is 3.24. The lowest BCUT2D eigenvalue weighted by molar-refractivity contribution is 0.555. The molecule has 1 aliphatic rings. The quantitative estimate of drug-likeness (QED) is 0.840. The Balaban J connectivity index is 1.95. The Kier molecular flexibility index (Phi) is 4.37. The normalized spacial score (nSPS) is 21.9. The van der Waals surface area contributed by atoms with Crippen molar-refractivity contribution in [3.8, 4) is 0 Å². The van der Waals surface area contributed by atoms with E-state index in [9.17, 15) is 8.42 Å². The number of benzene rings is 1. The van der Waals surface area contributed by atoms with Crippen LogP contribution in [0.25, 0.3) is 0 Å². The Labute approximate surface area is 109 Å². The number of rotatable bonds is 5. The van der Waals surface area contributed by atoms with E-state index in [1.54, 1.807) is 0 Å². The summed E-state index contributed by atoms with van der Waals surface area (Å²) in [6.45, 7) is 3.57. The number of hydrogen-bond donors (Lipinski definition) is 2. The fourth-order valence-electron chi connectivity index (χ4n) is 2.26. The molecule has 1 saturated heterocycles. The van der Waals surface area contributed by atoms with Crippen LogP contribution in [0.3, 0.4) is 0 Å². The summed E-state index contributed by atoms with van der Waals surface area (Å²) in [7, 11) is -3.20. The summed E-state index contributed by atoms with van der Waals surface area (Å²) in [5.74, 6) is 0.158. The molecule has 0 aliphatic carbocycles. The van der Waals surface area contributed by atoms with Crippen molar-refractivity contribution >= 4 is 10.0 Å². The van der Waals surface area contributed by atoms with Gasteiger partial charge in [0.2, 0.25) is 10.0 Å². The molecule has 0 bridgehead atoms. The van der Waals surface area contributed by atoms with Crippen LogP contribution in [0.15, 0.2) is 30.3 Å². The molecule has 5 heteroatoms. The molecule has 1 aromatic rings. The van der Waals surface area contributed by atoms with Crippen LogP contribution in [0.4, 0.5) is 0 Å². The molecule has 18 heavy (non-hydrogen) atoms. The van der Waals surface area contributed by atoms with Gasteiger partial charge in [-0.2, -0.15) is 0 Å². The second-order valence-corrected chi connectivity index (χ2v) is 6.70. The molecule has 0 radical (unpaired) electrons. The molecule has 1 fully saturated rings. The largest absolute Gasteiger partial charge is 0.315 e. The molecule has 2 rings (SSSR count). The van der Waals surface area contributed by atoms with Crippen molar-refractivity contribution in [3.05, 3.63) is 35.9 Å². The minimum absolute atomic E-state index is 0.0121. The van der Waals surface area contributed by atoms with Gasteiger partial charge in [-0.15, -0.1) is 0 Å². The molecule has 100 valence electrons. The minimum Gasteiger partial charge on any atom is -0.315 e. The van der Waals surface area contributed by atoms with E-state index in [2.05, 4.69) is 10.0 Å². The Hall–Kier alpha value is -0.910. The summed E-state index contributed by atoms with van der Waals surface area (Å²) in [5.41, 5.74) is 1.06. The summed E-state index contributed by atoms with van der Waals surface area (Å²) in [6, 6.07) is 9.80. The lowest BCUT2D eigenvalue weighted by atomic mass is 10.0. The third kappa shape index (κ3) is 3.80. The van der Waals surface area contributed by atoms with E-state index < -0.39 is 10.0 Å². The van der Waals surface area contributed by atoms with Gasteiger partial charge in [-0.1, -0.05) is 37.3 Å². The van der Waals surface area contributed by atoms with Gasteiger partial charge in [-0.25, -0.2) is 13.1 Å². The predicted octanol–water partition coefficient (Wildman–Crippen LogP) is 1.07. The fourth-order valence-corrected chi connectivity index (χ4v) is 3.92. The monoisotopic (exact) mass is 268 g/mol. The van der Waals surface area contributed by atoms with E-state index in [1.807, 2.05) is 37.3 Å². The second-order valence-electron chi connectivity index (χ2n) is 4.90. The Morgan fingerprint density at radius 3 is 2.72 bits per heavy atom. The molecule has 0 spiro atoms. The lowest BCUT2D eigenvalue weighted by Gasteiger charge is -2.16. The molecule has 1 heterocycles. The highest BCUT2D eigenvalue weighted by Gasteiger charge is 2.23. The first kappa shape index (κ1) is 13.5. The van der Waals surface area contributed by atoms with Gasteiger partial charge in [0, 0.05) is 12.6 Å². The average molecular weight is 268 g/mol. The van der Waals surface area contributed by atoms with Gasteiger partial charge in [0.25, 0.3) is 0 Å². The SMILES string of the molecule is CC(CS(=O)(=O)NC1CCNC1)c1ccccc1. The highest BCUT2D eigenvalue weighted by atomic mass is 32.2. The molecule has 4 nitrogen and oxygen atoms in total. The van der Waals surface area contributed by atoms with Gasteiger partial charge in [0.15, 0.2) is 0 Å². The van der Waals surface area contributed by atoms with Crippen LogP contribution in [-0.4, -0.2) is 33.3 Å². The summed E-state index contributed by atoms with van der Waals surface area (Å²) >= 11 is 0. The van der Waals surface area contributed by atoms with Crippen molar-refractivity contribution in [3.63, 3.8) is 0 Å². The summed E-state index contributed by atoms with van der Waals surface area (Å²) in [4.78, 5) is 0. The molecule has 2 N–H and O–H groups in total. The maximum atomic E-state index is 12.0. The van der Waals surface area contributed by atoms with Crippen LogP contribution >= 0.6 is 0 Å². The highest BCUT2D eigenvalue weighted by Crippen LogP contribution is 2.16. The Bertz CT molecular complexity index is 467. The Morgan fingerprint density at radius 1 is 1.39 bits per heavy atom. The second kappa shape index (κ2) is 5.82. The molecule has 1 aliphatic heterocycles. The van der Waals surface area contributed by atoms with Crippen molar-refractivity contribution in [2.45, 2.75) is 25.3 Å². The van der Waals surface area contributed by atoms with Gasteiger partial charge in [0.05, 0.1) is 5.75 Å². The Morgan fingerprint density at radius 2 is 2.11 bits per heavy atom. The van der Waals surface area contributed by atoms with Crippen molar-refractivity contribution in [2.24, 2.45) is 0 Å². The van der Waals surface area contributed by atoms with E-state index in [1.165, 1.54) is 0 Å². The summed E-state index contributed by atoms with van der Waals surface area (Å²) in [5, 5.41) is 3.15. The van der Waals surface area contributed by atoms with Crippen LogP contribution in [0.2, 0.25) is 0 Å². The third-order valence-corrected chi connectivity index (χ3v) is 4.88. The number of hydrogen-bond acceptors (Lipinski definition) is 3. The van der Waals surface area contributed by atoms with Gasteiger partial charge >= 0.3 is 0 Å². The van der Waals surface area contributed by atoms with E-state index >= 15 is 0 Å². The molecule has 2 atom stereocenters. The topological polar surface area (TPSA) is 58.2 Å². The van der Waals surface area contributed by atoms with Crippen LogP contribution in [-0.2, 0) is 10.0 Å². The lowest BCUT2D eigenvalue weighted by Crippen LogP contribution is -2.38. The van der Waals surface area contributed by atoms with E-state index in [0.29, 0.717) is 0 Å². The van der Waals surface area contributed by atoms with E-state index in [4.69, 9.17) is 0 Å². The van der Waals surface area contributed by atoms with Crippen LogP contribution in [0.1, 0.15) is 24.8 Å². The number of nitrogens with one attached hydrogen (secondary N) is 2. The van der Waals surface area contributed by atoms with Gasteiger partial charge < -0.3 is 5.32 Å². The first-order valence-corrected chi connectivity index (χ1v) is 7.98. The van der Waals surface area contributed by atoms with Crippen LogP contribution < -0.4 is 10.0 Å². The maximum absolute atomic E-state index is 12.0. The van der Waals surface area contributed by atoms with Crippen LogP contribution in [0, 0.1) is 0 Å². The maximum Gasteiger partial charge on any atom is 0.212 e. The molecule has 0 amide bonds. The average Bonchev–Trinajstić information content (AvgIpc) is 2.81. The van der Waals surface area contributed by atoms with Crippen molar-refractivity contribution in [2.75, 3.05) is 18.8 Å². The molecular formula is C13H20N2O2S. The zero-order valence-corrected chi connectivity index (χ0v) is 11.4. The molecule has 2 unspecified atom stereocenters. The molecule has 0 aromatic heterocycles. The first-order chi connectivity index (χ1) is 8.57. The minimum atomic E-state index is -3.20.